The van der Waals surface area contributed by atoms with Gasteiger partial charge in [-0.05, 0) is 74.6 Å². The molecule has 4 aromatic rings. The highest BCUT2D eigenvalue weighted by Gasteiger charge is 2.27. The number of carbonyl (C=O) groups is 2. The molecule has 3 aromatic heterocycles. The first-order valence-electron chi connectivity index (χ1n) is 12.2. The van der Waals surface area contributed by atoms with E-state index in [1.54, 1.807) is 36.6 Å². The molecule has 0 radical (unpaired) electrons. The van der Waals surface area contributed by atoms with Crippen LogP contribution in [-0.4, -0.2) is 32.5 Å². The molecule has 1 aliphatic rings. The molecule has 0 bridgehead atoms. The summed E-state index contributed by atoms with van der Waals surface area (Å²) in [5, 5.41) is 10.7. The third-order valence-electron chi connectivity index (χ3n) is 6.47. The molecule has 4 heterocycles. The number of pyridine rings is 1. The SMILES string of the molecule is CC(=O)c1csc2c1CCN(C(=O)c1cnc3ccccn13)C2.CCc1cc(C#N)cc(C(C)(C)F)c1. The molecule has 0 saturated heterocycles. The molecule has 6 nitrogen and oxygen atoms in total. The highest BCUT2D eigenvalue weighted by Crippen LogP contribution is 2.30. The van der Waals surface area contributed by atoms with Gasteiger partial charge in [0, 0.05) is 28.6 Å². The zero-order chi connectivity index (χ0) is 26.7. The highest BCUT2D eigenvalue weighted by molar-refractivity contribution is 7.10. The molecule has 1 amide bonds. The molecule has 0 fully saturated rings. The first-order chi connectivity index (χ1) is 17.6. The standard InChI is InChI=1S/C17H15N3O2S.C12H14FN/c1-11(21)13-10-23-15-9-19(7-5-12(13)15)17(22)14-8-18-16-4-2-3-6-20(14)16;1-4-9-5-10(8-14)7-11(6-9)12(2,3)13/h2-4,6,8,10H,5,7,9H2,1H3;5-7H,4H2,1-3H3. The summed E-state index contributed by atoms with van der Waals surface area (Å²) >= 11 is 1.57. The number of Topliss-reactive ketones (excluding diaryl/α,β-unsaturated/α-hetero) is 1. The van der Waals surface area contributed by atoms with Crippen LogP contribution in [-0.2, 0) is 25.1 Å². The van der Waals surface area contributed by atoms with Gasteiger partial charge in [-0.25, -0.2) is 9.37 Å². The molecule has 0 atom stereocenters. The number of halogens is 1. The third kappa shape index (κ3) is 5.62. The average molecular weight is 517 g/mol. The van der Waals surface area contributed by atoms with Gasteiger partial charge in [-0.15, -0.1) is 11.3 Å². The molecule has 0 spiro atoms. The van der Waals surface area contributed by atoms with Crippen molar-refractivity contribution < 1.29 is 14.0 Å². The largest absolute Gasteiger partial charge is 0.332 e. The molecular formula is C29H29FN4O2S. The first kappa shape index (κ1) is 26.2. The summed E-state index contributed by atoms with van der Waals surface area (Å²) in [4.78, 5) is 31.7. The van der Waals surface area contributed by atoms with Gasteiger partial charge in [0.1, 0.15) is 17.0 Å². The van der Waals surface area contributed by atoms with E-state index in [1.165, 1.54) is 13.8 Å². The molecule has 1 aliphatic heterocycles. The Morgan fingerprint density at radius 1 is 1.24 bits per heavy atom. The fourth-order valence-electron chi connectivity index (χ4n) is 4.35. The number of ketones is 1. The Hall–Kier alpha value is -3.83. The van der Waals surface area contributed by atoms with Crippen LogP contribution in [0, 0.1) is 11.3 Å². The number of nitrogens with zero attached hydrogens (tertiary/aromatic N) is 4. The molecule has 0 N–H and O–H groups in total. The molecule has 8 heteroatoms. The second-order valence-electron chi connectivity index (χ2n) is 9.51. The zero-order valence-corrected chi connectivity index (χ0v) is 22.2. The minimum Gasteiger partial charge on any atom is -0.332 e. The van der Waals surface area contributed by atoms with Gasteiger partial charge in [0.25, 0.3) is 5.91 Å². The maximum Gasteiger partial charge on any atom is 0.272 e. The Bertz CT molecular complexity index is 1510. The van der Waals surface area contributed by atoms with Crippen molar-refractivity contribution in [1.82, 2.24) is 14.3 Å². The lowest BCUT2D eigenvalue weighted by atomic mass is 9.95. The Morgan fingerprint density at radius 2 is 2.03 bits per heavy atom. The summed E-state index contributed by atoms with van der Waals surface area (Å²) in [5.41, 5.74) is 4.01. The van der Waals surface area contributed by atoms with Crippen LogP contribution in [0.4, 0.5) is 4.39 Å². The molecule has 37 heavy (non-hydrogen) atoms. The lowest BCUT2D eigenvalue weighted by Gasteiger charge is -2.27. The second kappa shape index (κ2) is 10.7. The Balaban J connectivity index is 0.000000197. The number of benzene rings is 1. The molecule has 1 aromatic carbocycles. The van der Waals surface area contributed by atoms with Crippen molar-refractivity contribution in [2.75, 3.05) is 6.54 Å². The number of carbonyl (C=O) groups excluding carboxylic acids is 2. The van der Waals surface area contributed by atoms with Crippen LogP contribution in [0.15, 0.2) is 54.2 Å². The van der Waals surface area contributed by atoms with Crippen LogP contribution < -0.4 is 0 Å². The number of imidazole rings is 1. The van der Waals surface area contributed by atoms with Crippen LogP contribution >= 0.6 is 11.3 Å². The minimum absolute atomic E-state index is 0.0212. The van der Waals surface area contributed by atoms with E-state index < -0.39 is 5.67 Å². The summed E-state index contributed by atoms with van der Waals surface area (Å²) in [5.74, 6) is 0.0798. The van der Waals surface area contributed by atoms with Gasteiger partial charge >= 0.3 is 0 Å². The lowest BCUT2D eigenvalue weighted by molar-refractivity contribution is 0.0730. The van der Waals surface area contributed by atoms with Crippen LogP contribution in [0.1, 0.15) is 75.7 Å². The number of amides is 1. The lowest BCUT2D eigenvalue weighted by Crippen LogP contribution is -2.36. The number of rotatable bonds is 4. The summed E-state index contributed by atoms with van der Waals surface area (Å²) < 4.78 is 15.5. The number of hydrogen-bond donors (Lipinski definition) is 0. The Morgan fingerprint density at radius 3 is 2.70 bits per heavy atom. The molecular weight excluding hydrogens is 487 g/mol. The summed E-state index contributed by atoms with van der Waals surface area (Å²) in [6.45, 7) is 7.78. The van der Waals surface area contributed by atoms with Crippen LogP contribution in [0.25, 0.3) is 5.65 Å². The minimum atomic E-state index is -1.38. The number of fused-ring (bicyclic) bond motifs is 2. The summed E-state index contributed by atoms with van der Waals surface area (Å²) in [6.07, 6.45) is 5.03. The van der Waals surface area contributed by atoms with Crippen molar-refractivity contribution in [3.05, 3.63) is 92.6 Å². The van der Waals surface area contributed by atoms with Gasteiger partial charge < -0.3 is 4.90 Å². The molecule has 0 saturated carbocycles. The number of alkyl halides is 1. The van der Waals surface area contributed by atoms with E-state index in [0.29, 0.717) is 29.9 Å². The van der Waals surface area contributed by atoms with Gasteiger partial charge in [0.05, 0.1) is 24.4 Å². The van der Waals surface area contributed by atoms with E-state index in [9.17, 15) is 14.0 Å². The van der Waals surface area contributed by atoms with Crippen molar-refractivity contribution in [2.24, 2.45) is 0 Å². The van der Waals surface area contributed by atoms with E-state index in [0.717, 1.165) is 40.1 Å². The van der Waals surface area contributed by atoms with E-state index in [1.807, 2.05) is 58.1 Å². The Labute approximate surface area is 220 Å². The van der Waals surface area contributed by atoms with E-state index >= 15 is 0 Å². The van der Waals surface area contributed by atoms with Gasteiger partial charge in [-0.2, -0.15) is 5.26 Å². The van der Waals surface area contributed by atoms with Gasteiger partial charge in [0.15, 0.2) is 5.78 Å². The van der Waals surface area contributed by atoms with Crippen LogP contribution in [0.3, 0.4) is 0 Å². The van der Waals surface area contributed by atoms with Crippen LogP contribution in [0.5, 0.6) is 0 Å². The third-order valence-corrected chi connectivity index (χ3v) is 7.48. The number of nitriles is 1. The zero-order valence-electron chi connectivity index (χ0n) is 21.4. The van der Waals surface area contributed by atoms with Crippen molar-refractivity contribution in [3.63, 3.8) is 0 Å². The Kier molecular flexibility index (Phi) is 7.55. The van der Waals surface area contributed by atoms with E-state index in [-0.39, 0.29) is 11.7 Å². The van der Waals surface area contributed by atoms with Crippen LogP contribution in [0.2, 0.25) is 0 Å². The van der Waals surface area contributed by atoms with Crippen molar-refractivity contribution in [1.29, 1.82) is 5.26 Å². The number of hydrogen-bond acceptors (Lipinski definition) is 5. The van der Waals surface area contributed by atoms with Crippen molar-refractivity contribution in [3.8, 4) is 6.07 Å². The topological polar surface area (TPSA) is 78.5 Å². The maximum absolute atomic E-state index is 13.6. The van der Waals surface area contributed by atoms with Crippen molar-refractivity contribution in [2.45, 2.75) is 52.8 Å². The molecule has 0 unspecified atom stereocenters. The monoisotopic (exact) mass is 516 g/mol. The van der Waals surface area contributed by atoms with Crippen molar-refractivity contribution >= 4 is 28.7 Å². The van der Waals surface area contributed by atoms with Gasteiger partial charge in [0.2, 0.25) is 0 Å². The molecule has 0 aliphatic carbocycles. The molecule has 190 valence electrons. The quantitative estimate of drug-likeness (QED) is 0.306. The smallest absolute Gasteiger partial charge is 0.272 e. The van der Waals surface area contributed by atoms with Gasteiger partial charge in [-0.3, -0.25) is 14.0 Å². The maximum atomic E-state index is 13.6. The summed E-state index contributed by atoms with van der Waals surface area (Å²) in [7, 11) is 0. The first-order valence-corrected chi connectivity index (χ1v) is 13.0. The average Bonchev–Trinajstić information content (AvgIpc) is 3.52. The highest BCUT2D eigenvalue weighted by atomic mass is 32.1. The van der Waals surface area contributed by atoms with E-state index in [4.69, 9.17) is 5.26 Å². The number of aryl methyl sites for hydroxylation is 1. The van der Waals surface area contributed by atoms with E-state index in [2.05, 4.69) is 4.98 Å². The predicted molar refractivity (Wildman–Crippen MR) is 143 cm³/mol. The fourth-order valence-corrected chi connectivity index (χ4v) is 5.51. The summed E-state index contributed by atoms with van der Waals surface area (Å²) in [6, 6.07) is 12.9. The fraction of sp³-hybridized carbons (Fsp3) is 0.310. The normalized spacial score (nSPS) is 12.9. The number of thiophene rings is 1. The second-order valence-corrected chi connectivity index (χ2v) is 10.5. The number of aromatic nitrogens is 2. The van der Waals surface area contributed by atoms with Gasteiger partial charge in [-0.1, -0.05) is 19.1 Å². The predicted octanol–water partition coefficient (Wildman–Crippen LogP) is 6.12. The molecule has 5 rings (SSSR count).